The molecule has 7 heteroatoms. The highest BCUT2D eigenvalue weighted by Crippen LogP contribution is 2.23. The maximum Gasteiger partial charge on any atom is 0.194 e. The zero-order valence-corrected chi connectivity index (χ0v) is 16.2. The Morgan fingerprint density at radius 2 is 1.96 bits per heavy atom. The van der Waals surface area contributed by atoms with E-state index in [-0.39, 0.29) is 5.75 Å². The molecular formula is C16H34N4O2S. The third-order valence-corrected chi connectivity index (χ3v) is 6.88. The van der Waals surface area contributed by atoms with Gasteiger partial charge in [-0.2, -0.15) is 0 Å². The predicted molar refractivity (Wildman–Crippen MR) is 97.8 cm³/mol. The molecule has 0 aliphatic carbocycles. The topological polar surface area (TPSA) is 65.0 Å². The summed E-state index contributed by atoms with van der Waals surface area (Å²) >= 11 is 0. The predicted octanol–water partition coefficient (Wildman–Crippen LogP) is 1.19. The number of aliphatic imine (C=N–C) groups is 1. The van der Waals surface area contributed by atoms with Crippen LogP contribution in [0.5, 0.6) is 0 Å². The molecule has 1 aliphatic heterocycles. The van der Waals surface area contributed by atoms with Crippen molar-refractivity contribution in [1.82, 2.24) is 15.1 Å². The van der Waals surface area contributed by atoms with Crippen molar-refractivity contribution in [3.63, 3.8) is 0 Å². The average molecular weight is 347 g/mol. The van der Waals surface area contributed by atoms with Gasteiger partial charge in [0.1, 0.15) is 0 Å². The van der Waals surface area contributed by atoms with Gasteiger partial charge in [-0.15, -0.1) is 0 Å². The van der Waals surface area contributed by atoms with E-state index in [1.165, 1.54) is 0 Å². The highest BCUT2D eigenvalue weighted by molar-refractivity contribution is 7.92. The van der Waals surface area contributed by atoms with E-state index in [9.17, 15) is 8.42 Å². The van der Waals surface area contributed by atoms with Crippen molar-refractivity contribution in [2.24, 2.45) is 4.99 Å². The lowest BCUT2D eigenvalue weighted by Gasteiger charge is -2.39. The summed E-state index contributed by atoms with van der Waals surface area (Å²) in [6.07, 6.45) is 1.15. The second-order valence-corrected chi connectivity index (χ2v) is 9.41. The lowest BCUT2D eigenvalue weighted by molar-refractivity contribution is 0.295. The van der Waals surface area contributed by atoms with Gasteiger partial charge in [0.2, 0.25) is 0 Å². The molecule has 0 bridgehead atoms. The molecule has 1 saturated heterocycles. The number of rotatable bonds is 7. The fourth-order valence-electron chi connectivity index (χ4n) is 2.79. The summed E-state index contributed by atoms with van der Waals surface area (Å²) in [4.78, 5) is 9.19. The van der Waals surface area contributed by atoms with E-state index < -0.39 is 14.6 Å². The minimum absolute atomic E-state index is 0.196. The number of nitrogens with one attached hydrogen (secondary N) is 1. The molecule has 0 aromatic carbocycles. The fourth-order valence-corrected chi connectivity index (χ4v) is 4.16. The molecule has 23 heavy (non-hydrogen) atoms. The maximum absolute atomic E-state index is 12.1. The fraction of sp³-hybridized carbons (Fsp3) is 0.938. The van der Waals surface area contributed by atoms with Crippen LogP contribution in [0.25, 0.3) is 0 Å². The smallest absolute Gasteiger partial charge is 0.194 e. The second-order valence-electron chi connectivity index (χ2n) is 6.67. The first-order valence-corrected chi connectivity index (χ1v) is 10.4. The van der Waals surface area contributed by atoms with Crippen LogP contribution in [0, 0.1) is 0 Å². The van der Waals surface area contributed by atoms with Gasteiger partial charge in [0.15, 0.2) is 15.8 Å². The molecule has 0 aromatic rings. The number of nitrogens with zero attached hydrogens (tertiary/aromatic N) is 3. The molecule has 136 valence electrons. The minimum Gasteiger partial charge on any atom is -0.357 e. The second kappa shape index (κ2) is 8.87. The third-order valence-electron chi connectivity index (χ3n) is 4.34. The van der Waals surface area contributed by atoms with Gasteiger partial charge in [0.05, 0.1) is 17.0 Å². The first-order valence-electron chi connectivity index (χ1n) is 8.75. The van der Waals surface area contributed by atoms with E-state index in [4.69, 9.17) is 4.99 Å². The van der Waals surface area contributed by atoms with Gasteiger partial charge >= 0.3 is 0 Å². The molecule has 1 rings (SSSR count). The first-order chi connectivity index (χ1) is 10.8. The van der Waals surface area contributed by atoms with Gasteiger partial charge in [-0.25, -0.2) is 8.42 Å². The molecule has 0 spiro atoms. The molecular weight excluding hydrogens is 312 g/mol. The molecule has 6 nitrogen and oxygen atoms in total. The molecule has 0 aromatic heterocycles. The minimum atomic E-state index is -3.02. The summed E-state index contributed by atoms with van der Waals surface area (Å²) in [6.45, 7) is 15.6. The third kappa shape index (κ3) is 5.64. The van der Waals surface area contributed by atoms with Crippen molar-refractivity contribution in [2.45, 2.75) is 45.8 Å². The van der Waals surface area contributed by atoms with Gasteiger partial charge in [-0.3, -0.25) is 4.99 Å². The number of hydrogen-bond donors (Lipinski definition) is 1. The van der Waals surface area contributed by atoms with Crippen LogP contribution in [0.3, 0.4) is 0 Å². The highest BCUT2D eigenvalue weighted by Gasteiger charge is 2.40. The summed E-state index contributed by atoms with van der Waals surface area (Å²) in [7, 11) is -3.02. The standard InChI is InChI=1S/C16H34N4O2S/c1-6-10-19(8-3)11-9-18-15(17-7-2)20-12-13-23(21,22)16(4,5)14-20/h6-14H2,1-5H3,(H,17,18). The van der Waals surface area contributed by atoms with Crippen LogP contribution < -0.4 is 5.32 Å². The van der Waals surface area contributed by atoms with E-state index in [1.54, 1.807) is 13.8 Å². The summed E-state index contributed by atoms with van der Waals surface area (Å²) in [5, 5.41) is 3.30. The Kier molecular flexibility index (Phi) is 7.80. The van der Waals surface area contributed by atoms with Crippen LogP contribution in [-0.2, 0) is 9.84 Å². The van der Waals surface area contributed by atoms with Crippen molar-refractivity contribution in [2.75, 3.05) is 51.6 Å². The summed E-state index contributed by atoms with van der Waals surface area (Å²) < 4.78 is 23.6. The normalized spacial score (nSPS) is 20.8. The molecule has 0 atom stereocenters. The Morgan fingerprint density at radius 3 is 2.48 bits per heavy atom. The summed E-state index contributed by atoms with van der Waals surface area (Å²) in [5.41, 5.74) is 0. The summed E-state index contributed by atoms with van der Waals surface area (Å²) in [5.74, 6) is 1.03. The van der Waals surface area contributed by atoms with Crippen molar-refractivity contribution >= 4 is 15.8 Å². The van der Waals surface area contributed by atoms with Crippen molar-refractivity contribution in [3.05, 3.63) is 0 Å². The molecule has 0 radical (unpaired) electrons. The van der Waals surface area contributed by atoms with Crippen LogP contribution in [0.2, 0.25) is 0 Å². The zero-order valence-electron chi connectivity index (χ0n) is 15.4. The average Bonchev–Trinajstić information content (AvgIpc) is 2.48. The van der Waals surface area contributed by atoms with Gasteiger partial charge in [-0.05, 0) is 40.3 Å². The van der Waals surface area contributed by atoms with E-state index in [1.807, 2.05) is 6.92 Å². The van der Waals surface area contributed by atoms with Crippen LogP contribution in [0.1, 0.15) is 41.0 Å². The van der Waals surface area contributed by atoms with Crippen molar-refractivity contribution in [3.8, 4) is 0 Å². The maximum atomic E-state index is 12.1. The van der Waals surface area contributed by atoms with E-state index >= 15 is 0 Å². The Morgan fingerprint density at radius 1 is 1.26 bits per heavy atom. The number of hydrogen-bond acceptors (Lipinski definition) is 4. The zero-order chi connectivity index (χ0) is 17.5. The van der Waals surface area contributed by atoms with E-state index in [2.05, 4.69) is 29.0 Å². The quantitative estimate of drug-likeness (QED) is 0.554. The molecule has 1 fully saturated rings. The van der Waals surface area contributed by atoms with Crippen LogP contribution in [0.4, 0.5) is 0 Å². The van der Waals surface area contributed by atoms with Crippen LogP contribution in [-0.4, -0.2) is 80.5 Å². The van der Waals surface area contributed by atoms with Crippen molar-refractivity contribution < 1.29 is 8.42 Å². The number of likely N-dealkylation sites (N-methyl/N-ethyl adjacent to an activating group) is 1. The lowest BCUT2D eigenvalue weighted by Crippen LogP contribution is -2.57. The van der Waals surface area contributed by atoms with Gasteiger partial charge in [0, 0.05) is 26.2 Å². The molecule has 1 N–H and O–H groups in total. The van der Waals surface area contributed by atoms with E-state index in [0.29, 0.717) is 13.1 Å². The highest BCUT2D eigenvalue weighted by atomic mass is 32.2. The lowest BCUT2D eigenvalue weighted by atomic mass is 10.2. The Balaban J connectivity index is 2.72. The van der Waals surface area contributed by atoms with E-state index in [0.717, 1.165) is 45.1 Å². The first kappa shape index (κ1) is 20.2. The van der Waals surface area contributed by atoms with Crippen molar-refractivity contribution in [1.29, 1.82) is 0 Å². The molecule has 0 saturated carbocycles. The Labute approximate surface area is 142 Å². The summed E-state index contributed by atoms with van der Waals surface area (Å²) in [6, 6.07) is 0. The number of sulfone groups is 1. The Bertz CT molecular complexity index is 488. The molecule has 1 aliphatic rings. The largest absolute Gasteiger partial charge is 0.357 e. The van der Waals surface area contributed by atoms with Gasteiger partial charge in [0.25, 0.3) is 0 Å². The molecule has 1 heterocycles. The van der Waals surface area contributed by atoms with Crippen LogP contribution in [0.15, 0.2) is 4.99 Å². The SMILES string of the molecule is CCCN(CC)CCN=C(NCC)N1CCS(=O)(=O)C(C)(C)C1. The monoisotopic (exact) mass is 346 g/mol. The molecule has 0 unspecified atom stereocenters. The molecule has 0 amide bonds. The Hall–Kier alpha value is -0.820. The van der Waals surface area contributed by atoms with Gasteiger partial charge in [-0.1, -0.05) is 13.8 Å². The van der Waals surface area contributed by atoms with Gasteiger partial charge < -0.3 is 15.1 Å². The van der Waals surface area contributed by atoms with Crippen LogP contribution >= 0.6 is 0 Å². The number of guanidine groups is 1.